The molecular weight excluding hydrogens is 262 g/mol. The van der Waals surface area contributed by atoms with Gasteiger partial charge in [0.15, 0.2) is 0 Å². The molecule has 3 aromatic rings. The fraction of sp³-hybridized carbons (Fsp3) is 0.0588. The molecule has 3 rings (SSSR count). The van der Waals surface area contributed by atoms with Crippen LogP contribution in [0.25, 0.3) is 10.9 Å². The Hall–Kier alpha value is -2.88. The van der Waals surface area contributed by atoms with Crippen LogP contribution in [-0.4, -0.2) is 10.9 Å². The molecule has 0 saturated carbocycles. The number of pyridine rings is 1. The molecule has 0 unspecified atom stereocenters. The molecule has 0 atom stereocenters. The first kappa shape index (κ1) is 13.1. The van der Waals surface area contributed by atoms with E-state index in [1.807, 2.05) is 49.4 Å². The van der Waals surface area contributed by atoms with Crippen molar-refractivity contribution in [2.45, 2.75) is 6.92 Å². The van der Waals surface area contributed by atoms with Crippen LogP contribution in [0.4, 0.5) is 11.4 Å². The zero-order valence-corrected chi connectivity index (χ0v) is 11.6. The molecule has 0 aliphatic rings. The number of aryl methyl sites for hydroxylation is 1. The summed E-state index contributed by atoms with van der Waals surface area (Å²) in [6, 6.07) is 15.1. The van der Waals surface area contributed by atoms with Crippen molar-refractivity contribution in [2.24, 2.45) is 0 Å². The molecule has 21 heavy (non-hydrogen) atoms. The van der Waals surface area contributed by atoms with Gasteiger partial charge in [0.25, 0.3) is 5.91 Å². The molecule has 0 aliphatic heterocycles. The molecule has 0 bridgehead atoms. The van der Waals surface area contributed by atoms with Crippen molar-refractivity contribution in [3.8, 4) is 0 Å². The predicted octanol–water partition coefficient (Wildman–Crippen LogP) is 3.38. The third-order valence-corrected chi connectivity index (χ3v) is 3.42. The fourth-order valence-corrected chi connectivity index (χ4v) is 2.22. The van der Waals surface area contributed by atoms with Gasteiger partial charge in [-0.3, -0.25) is 9.78 Å². The van der Waals surface area contributed by atoms with Gasteiger partial charge in [-0.15, -0.1) is 0 Å². The van der Waals surface area contributed by atoms with Gasteiger partial charge in [0.2, 0.25) is 0 Å². The third-order valence-electron chi connectivity index (χ3n) is 3.42. The van der Waals surface area contributed by atoms with Crippen molar-refractivity contribution >= 4 is 28.2 Å². The second-order valence-corrected chi connectivity index (χ2v) is 4.91. The largest absolute Gasteiger partial charge is 0.398 e. The van der Waals surface area contributed by atoms with Gasteiger partial charge in [-0.25, -0.2) is 0 Å². The Morgan fingerprint density at radius 2 is 1.95 bits per heavy atom. The van der Waals surface area contributed by atoms with Crippen LogP contribution in [0.5, 0.6) is 0 Å². The highest BCUT2D eigenvalue weighted by Gasteiger charge is 2.11. The van der Waals surface area contributed by atoms with E-state index < -0.39 is 0 Å². The number of carbonyl (C=O) groups excluding carboxylic acids is 1. The van der Waals surface area contributed by atoms with E-state index in [2.05, 4.69) is 10.3 Å². The number of amides is 1. The highest BCUT2D eigenvalue weighted by Crippen LogP contribution is 2.20. The Morgan fingerprint density at radius 3 is 2.81 bits per heavy atom. The first-order valence-electron chi connectivity index (χ1n) is 6.66. The highest BCUT2D eigenvalue weighted by molar-refractivity contribution is 6.08. The smallest absolute Gasteiger partial charge is 0.257 e. The van der Waals surface area contributed by atoms with E-state index in [0.29, 0.717) is 16.9 Å². The summed E-state index contributed by atoms with van der Waals surface area (Å²) in [6.07, 6.45) is 1.65. The minimum atomic E-state index is -0.228. The summed E-state index contributed by atoms with van der Waals surface area (Å²) in [5.74, 6) is -0.228. The molecule has 1 heterocycles. The number of aromatic nitrogens is 1. The van der Waals surface area contributed by atoms with Crippen molar-refractivity contribution in [3.63, 3.8) is 0 Å². The molecule has 0 fully saturated rings. The SMILES string of the molecule is Cc1cccc(C(=O)Nc2cnc3ccccc3c2)c1N. The van der Waals surface area contributed by atoms with Crippen molar-refractivity contribution in [3.05, 3.63) is 65.9 Å². The van der Waals surface area contributed by atoms with Gasteiger partial charge in [-0.2, -0.15) is 0 Å². The summed E-state index contributed by atoms with van der Waals surface area (Å²) in [6.45, 7) is 1.88. The molecule has 3 N–H and O–H groups in total. The molecule has 4 nitrogen and oxygen atoms in total. The molecule has 2 aromatic carbocycles. The summed E-state index contributed by atoms with van der Waals surface area (Å²) < 4.78 is 0. The van der Waals surface area contributed by atoms with Crippen LogP contribution in [0.3, 0.4) is 0 Å². The lowest BCUT2D eigenvalue weighted by molar-refractivity contribution is 0.102. The summed E-state index contributed by atoms with van der Waals surface area (Å²) in [7, 11) is 0. The van der Waals surface area contributed by atoms with Crippen LogP contribution in [0, 0.1) is 6.92 Å². The molecule has 104 valence electrons. The standard InChI is InChI=1S/C17H15N3O/c1-11-5-4-7-14(16(11)18)17(21)20-13-9-12-6-2-3-8-15(12)19-10-13/h2-10H,18H2,1H3,(H,20,21). The number of hydrogen-bond donors (Lipinski definition) is 2. The van der Waals surface area contributed by atoms with Gasteiger partial charge in [-0.1, -0.05) is 30.3 Å². The quantitative estimate of drug-likeness (QED) is 0.706. The number of rotatable bonds is 2. The van der Waals surface area contributed by atoms with E-state index in [9.17, 15) is 4.79 Å². The predicted molar refractivity (Wildman–Crippen MR) is 85.3 cm³/mol. The number of nitrogen functional groups attached to an aromatic ring is 1. The van der Waals surface area contributed by atoms with E-state index in [1.165, 1.54) is 0 Å². The molecule has 0 radical (unpaired) electrons. The summed E-state index contributed by atoms with van der Waals surface area (Å²) >= 11 is 0. The molecular formula is C17H15N3O. The molecule has 0 spiro atoms. The van der Waals surface area contributed by atoms with Crippen LogP contribution >= 0.6 is 0 Å². The zero-order chi connectivity index (χ0) is 14.8. The number of hydrogen-bond acceptors (Lipinski definition) is 3. The normalized spacial score (nSPS) is 10.5. The maximum Gasteiger partial charge on any atom is 0.257 e. The number of anilines is 2. The van der Waals surface area contributed by atoms with E-state index in [-0.39, 0.29) is 5.91 Å². The van der Waals surface area contributed by atoms with Crippen LogP contribution < -0.4 is 11.1 Å². The Kier molecular flexibility index (Phi) is 3.28. The second-order valence-electron chi connectivity index (χ2n) is 4.91. The Bertz CT molecular complexity index is 827. The first-order chi connectivity index (χ1) is 10.1. The van der Waals surface area contributed by atoms with Crippen LogP contribution in [-0.2, 0) is 0 Å². The van der Waals surface area contributed by atoms with E-state index in [1.54, 1.807) is 12.3 Å². The Labute approximate surface area is 122 Å². The van der Waals surface area contributed by atoms with Crippen molar-refractivity contribution < 1.29 is 4.79 Å². The summed E-state index contributed by atoms with van der Waals surface area (Å²) in [5, 5.41) is 3.82. The molecule has 4 heteroatoms. The number of benzene rings is 2. The fourth-order valence-electron chi connectivity index (χ4n) is 2.22. The van der Waals surface area contributed by atoms with Crippen molar-refractivity contribution in [2.75, 3.05) is 11.1 Å². The van der Waals surface area contributed by atoms with Gasteiger partial charge in [0.05, 0.1) is 23.0 Å². The Morgan fingerprint density at radius 1 is 1.14 bits per heavy atom. The van der Waals surface area contributed by atoms with Crippen LogP contribution in [0.15, 0.2) is 54.7 Å². The molecule has 1 amide bonds. The van der Waals surface area contributed by atoms with Crippen molar-refractivity contribution in [1.82, 2.24) is 4.98 Å². The third kappa shape index (κ3) is 2.56. The first-order valence-corrected chi connectivity index (χ1v) is 6.66. The highest BCUT2D eigenvalue weighted by atomic mass is 16.1. The van der Waals surface area contributed by atoms with E-state index in [4.69, 9.17) is 5.73 Å². The Balaban J connectivity index is 1.91. The van der Waals surface area contributed by atoms with Crippen molar-refractivity contribution in [1.29, 1.82) is 0 Å². The number of para-hydroxylation sites is 2. The summed E-state index contributed by atoms with van der Waals surface area (Å²) in [5.41, 5.74) is 9.36. The number of nitrogens with zero attached hydrogens (tertiary/aromatic N) is 1. The minimum absolute atomic E-state index is 0.228. The van der Waals surface area contributed by atoms with Gasteiger partial charge < -0.3 is 11.1 Å². The maximum atomic E-state index is 12.3. The molecule has 0 saturated heterocycles. The molecule has 0 aliphatic carbocycles. The lowest BCUT2D eigenvalue weighted by Gasteiger charge is -2.09. The maximum absolute atomic E-state index is 12.3. The van der Waals surface area contributed by atoms with Crippen LogP contribution in [0.1, 0.15) is 15.9 Å². The van der Waals surface area contributed by atoms with Gasteiger partial charge in [0, 0.05) is 11.1 Å². The zero-order valence-electron chi connectivity index (χ0n) is 11.6. The van der Waals surface area contributed by atoms with Gasteiger partial charge >= 0.3 is 0 Å². The monoisotopic (exact) mass is 277 g/mol. The topological polar surface area (TPSA) is 68.0 Å². The van der Waals surface area contributed by atoms with Gasteiger partial charge in [0.1, 0.15) is 0 Å². The lowest BCUT2D eigenvalue weighted by Crippen LogP contribution is -2.14. The van der Waals surface area contributed by atoms with Gasteiger partial charge in [-0.05, 0) is 30.7 Å². The van der Waals surface area contributed by atoms with Crippen LogP contribution in [0.2, 0.25) is 0 Å². The van der Waals surface area contributed by atoms with E-state index in [0.717, 1.165) is 16.5 Å². The number of carbonyl (C=O) groups is 1. The number of nitrogens with two attached hydrogens (primary N) is 1. The average Bonchev–Trinajstić information content (AvgIpc) is 2.50. The molecule has 1 aromatic heterocycles. The van der Waals surface area contributed by atoms with E-state index >= 15 is 0 Å². The lowest BCUT2D eigenvalue weighted by atomic mass is 10.1. The summed E-state index contributed by atoms with van der Waals surface area (Å²) in [4.78, 5) is 16.6. The minimum Gasteiger partial charge on any atom is -0.398 e. The number of nitrogens with one attached hydrogen (secondary N) is 1. The average molecular weight is 277 g/mol. The second kappa shape index (κ2) is 5.25. The number of fused-ring (bicyclic) bond motifs is 1.